The Morgan fingerprint density at radius 2 is 1.59 bits per heavy atom. The number of ether oxygens (including phenoxy) is 1. The lowest BCUT2D eigenvalue weighted by atomic mass is 10.1. The Balaban J connectivity index is 3.04. The molecule has 17 heavy (non-hydrogen) atoms. The maximum atomic E-state index is 5.61. The van der Waals surface area contributed by atoms with Gasteiger partial charge in [-0.2, -0.15) is 0 Å². The molecule has 0 unspecified atom stereocenters. The van der Waals surface area contributed by atoms with E-state index in [9.17, 15) is 0 Å². The first-order valence-corrected chi connectivity index (χ1v) is 7.24. The lowest BCUT2D eigenvalue weighted by Gasteiger charge is -2.20. The highest BCUT2D eigenvalue weighted by Gasteiger charge is 2.06. The first kappa shape index (κ1) is 16.9. The summed E-state index contributed by atoms with van der Waals surface area (Å²) in [5.74, 6) is 0.807. The van der Waals surface area contributed by atoms with E-state index in [1.54, 1.807) is 0 Å². The number of hydrogen-bond acceptors (Lipinski definition) is 2. The molecule has 0 aromatic heterocycles. The van der Waals surface area contributed by atoms with E-state index in [0.717, 1.165) is 25.7 Å². The van der Waals surface area contributed by atoms with Crippen LogP contribution >= 0.6 is 0 Å². The highest BCUT2D eigenvalue weighted by atomic mass is 16.5. The quantitative estimate of drug-likeness (QED) is 0.586. The zero-order valence-electron chi connectivity index (χ0n) is 12.6. The van der Waals surface area contributed by atoms with Gasteiger partial charge >= 0.3 is 0 Å². The van der Waals surface area contributed by atoms with Crippen molar-refractivity contribution in [3.8, 4) is 0 Å². The molecule has 0 amide bonds. The predicted octanol–water partition coefficient (Wildman–Crippen LogP) is 4.00. The molecule has 0 aromatic rings. The second-order valence-corrected chi connectivity index (χ2v) is 6.39. The molecule has 0 saturated heterocycles. The lowest BCUT2D eigenvalue weighted by Crippen LogP contribution is -2.36. The van der Waals surface area contributed by atoms with Crippen molar-refractivity contribution in [3.63, 3.8) is 0 Å². The SMILES string of the molecule is CC(C)CCCOCCCCCNC(C)(C)C. The van der Waals surface area contributed by atoms with Crippen LogP contribution < -0.4 is 5.32 Å². The Morgan fingerprint density at radius 3 is 2.18 bits per heavy atom. The van der Waals surface area contributed by atoms with Crippen LogP contribution in [0.4, 0.5) is 0 Å². The standard InChI is InChI=1S/C15H33NO/c1-14(2)10-9-13-17-12-8-6-7-11-16-15(3,4)5/h14,16H,6-13H2,1-5H3. The van der Waals surface area contributed by atoms with Crippen LogP contribution in [0.15, 0.2) is 0 Å². The lowest BCUT2D eigenvalue weighted by molar-refractivity contribution is 0.124. The van der Waals surface area contributed by atoms with Gasteiger partial charge in [0.15, 0.2) is 0 Å². The summed E-state index contributed by atoms with van der Waals surface area (Å²) < 4.78 is 5.61. The van der Waals surface area contributed by atoms with Crippen LogP contribution in [0.3, 0.4) is 0 Å². The summed E-state index contributed by atoms with van der Waals surface area (Å²) in [4.78, 5) is 0. The molecule has 0 spiro atoms. The third kappa shape index (κ3) is 15.9. The van der Waals surface area contributed by atoms with E-state index in [0.29, 0.717) is 0 Å². The zero-order chi connectivity index (χ0) is 13.1. The van der Waals surface area contributed by atoms with Gasteiger partial charge in [-0.25, -0.2) is 0 Å². The van der Waals surface area contributed by atoms with Crippen molar-refractivity contribution in [2.45, 2.75) is 72.3 Å². The Morgan fingerprint density at radius 1 is 0.941 bits per heavy atom. The molecule has 1 N–H and O–H groups in total. The van der Waals surface area contributed by atoms with Crippen molar-refractivity contribution in [2.24, 2.45) is 5.92 Å². The highest BCUT2D eigenvalue weighted by molar-refractivity contribution is 4.69. The molecule has 0 rings (SSSR count). The molecule has 0 bridgehead atoms. The van der Waals surface area contributed by atoms with Crippen molar-refractivity contribution in [1.82, 2.24) is 5.32 Å². The minimum absolute atomic E-state index is 0.257. The van der Waals surface area contributed by atoms with Crippen molar-refractivity contribution in [1.29, 1.82) is 0 Å². The van der Waals surface area contributed by atoms with Crippen molar-refractivity contribution >= 4 is 0 Å². The summed E-state index contributed by atoms with van der Waals surface area (Å²) in [5, 5.41) is 3.50. The molecule has 0 aromatic carbocycles. The van der Waals surface area contributed by atoms with Crippen LogP contribution in [0.25, 0.3) is 0 Å². The second kappa shape index (κ2) is 9.90. The number of nitrogens with one attached hydrogen (secondary N) is 1. The topological polar surface area (TPSA) is 21.3 Å². The van der Waals surface area contributed by atoms with Gasteiger partial charge in [0.1, 0.15) is 0 Å². The molecule has 0 aliphatic carbocycles. The van der Waals surface area contributed by atoms with Gasteiger partial charge in [-0.3, -0.25) is 0 Å². The maximum absolute atomic E-state index is 5.61. The monoisotopic (exact) mass is 243 g/mol. The van der Waals surface area contributed by atoms with Gasteiger partial charge < -0.3 is 10.1 Å². The minimum Gasteiger partial charge on any atom is -0.381 e. The minimum atomic E-state index is 0.257. The Hall–Kier alpha value is -0.0800. The summed E-state index contributed by atoms with van der Waals surface area (Å²) in [6.07, 6.45) is 6.23. The first-order valence-electron chi connectivity index (χ1n) is 7.24. The zero-order valence-corrected chi connectivity index (χ0v) is 12.6. The summed E-state index contributed by atoms with van der Waals surface area (Å²) in [6, 6.07) is 0. The number of rotatable bonds is 10. The fraction of sp³-hybridized carbons (Fsp3) is 1.00. The molecule has 0 atom stereocenters. The summed E-state index contributed by atoms with van der Waals surface area (Å²) in [5.41, 5.74) is 0.257. The van der Waals surface area contributed by atoms with Crippen molar-refractivity contribution < 1.29 is 4.74 Å². The largest absolute Gasteiger partial charge is 0.381 e. The third-order valence-electron chi connectivity index (χ3n) is 2.69. The molecular weight excluding hydrogens is 210 g/mol. The van der Waals surface area contributed by atoms with E-state index in [1.807, 2.05) is 0 Å². The Bertz CT molecular complexity index is 161. The molecule has 0 aliphatic heterocycles. The summed E-state index contributed by atoms with van der Waals surface area (Å²) >= 11 is 0. The van der Waals surface area contributed by atoms with E-state index in [2.05, 4.69) is 39.9 Å². The average Bonchev–Trinajstić information content (AvgIpc) is 2.18. The fourth-order valence-corrected chi connectivity index (χ4v) is 1.66. The average molecular weight is 243 g/mol. The van der Waals surface area contributed by atoms with E-state index >= 15 is 0 Å². The molecule has 2 heteroatoms. The molecule has 0 fully saturated rings. The maximum Gasteiger partial charge on any atom is 0.0466 e. The van der Waals surface area contributed by atoms with Crippen LogP contribution in [0.1, 0.15) is 66.7 Å². The summed E-state index contributed by atoms with van der Waals surface area (Å²) in [6.45, 7) is 14.2. The number of unbranched alkanes of at least 4 members (excludes halogenated alkanes) is 2. The second-order valence-electron chi connectivity index (χ2n) is 6.39. The van der Waals surface area contributed by atoms with Crippen molar-refractivity contribution in [3.05, 3.63) is 0 Å². The van der Waals surface area contributed by atoms with Gasteiger partial charge in [0, 0.05) is 18.8 Å². The molecule has 0 aliphatic rings. The van der Waals surface area contributed by atoms with Crippen LogP contribution in [0.5, 0.6) is 0 Å². The van der Waals surface area contributed by atoms with Gasteiger partial charge in [0.05, 0.1) is 0 Å². The Labute approximate surface area is 109 Å². The van der Waals surface area contributed by atoms with Crippen LogP contribution in [0, 0.1) is 5.92 Å². The fourth-order valence-electron chi connectivity index (χ4n) is 1.66. The van der Waals surface area contributed by atoms with Crippen LogP contribution in [-0.2, 0) is 4.74 Å². The van der Waals surface area contributed by atoms with E-state index < -0.39 is 0 Å². The first-order chi connectivity index (χ1) is 7.92. The predicted molar refractivity (Wildman–Crippen MR) is 76.5 cm³/mol. The van der Waals surface area contributed by atoms with Gasteiger partial charge in [-0.05, 0) is 65.3 Å². The van der Waals surface area contributed by atoms with Gasteiger partial charge in [0.2, 0.25) is 0 Å². The van der Waals surface area contributed by atoms with E-state index in [-0.39, 0.29) is 5.54 Å². The Kier molecular flexibility index (Phi) is 9.85. The van der Waals surface area contributed by atoms with E-state index in [1.165, 1.54) is 32.1 Å². The van der Waals surface area contributed by atoms with Gasteiger partial charge in [-0.1, -0.05) is 13.8 Å². The van der Waals surface area contributed by atoms with Gasteiger partial charge in [0.25, 0.3) is 0 Å². The molecule has 2 nitrogen and oxygen atoms in total. The van der Waals surface area contributed by atoms with Gasteiger partial charge in [-0.15, -0.1) is 0 Å². The molecule has 0 heterocycles. The van der Waals surface area contributed by atoms with Crippen LogP contribution in [-0.4, -0.2) is 25.3 Å². The molecule has 0 radical (unpaired) electrons. The summed E-state index contributed by atoms with van der Waals surface area (Å²) in [7, 11) is 0. The van der Waals surface area contributed by atoms with Crippen LogP contribution in [0.2, 0.25) is 0 Å². The molecule has 104 valence electrons. The smallest absolute Gasteiger partial charge is 0.0466 e. The molecular formula is C15H33NO. The molecule has 0 saturated carbocycles. The van der Waals surface area contributed by atoms with Crippen molar-refractivity contribution in [2.75, 3.05) is 19.8 Å². The van der Waals surface area contributed by atoms with E-state index in [4.69, 9.17) is 4.74 Å². The number of hydrogen-bond donors (Lipinski definition) is 1. The normalized spacial score (nSPS) is 12.4. The highest BCUT2D eigenvalue weighted by Crippen LogP contribution is 2.04. The third-order valence-corrected chi connectivity index (χ3v) is 2.69.